The van der Waals surface area contributed by atoms with Gasteiger partial charge in [-0.1, -0.05) is 57.6 Å². The summed E-state index contributed by atoms with van der Waals surface area (Å²) in [6, 6.07) is 15.3. The second-order valence-corrected chi connectivity index (χ2v) is 10.2. The third kappa shape index (κ3) is 3.22. The summed E-state index contributed by atoms with van der Waals surface area (Å²) in [4.78, 5) is 0. The van der Waals surface area contributed by atoms with Gasteiger partial charge >= 0.3 is 0 Å². The molecule has 34 heavy (non-hydrogen) atoms. The monoisotopic (exact) mass is 427 g/mol. The first-order valence-corrected chi connectivity index (χ1v) is 12.3. The molecular weight excluding hydrogens is 400 g/mol. The van der Waals surface area contributed by atoms with Crippen LogP contribution in [0.1, 0.15) is 0 Å². The van der Waals surface area contributed by atoms with Gasteiger partial charge in [-0.2, -0.15) is 0 Å². The summed E-state index contributed by atoms with van der Waals surface area (Å²) in [5.41, 5.74) is 14.9. The molecule has 5 aromatic rings. The zero-order valence-electron chi connectivity index (χ0n) is 22.0. The van der Waals surface area contributed by atoms with E-state index in [2.05, 4.69) is 118 Å². The lowest BCUT2D eigenvalue weighted by atomic mass is 9.59. The highest BCUT2D eigenvalue weighted by atomic mass is 14.9. The van der Waals surface area contributed by atoms with E-state index in [4.69, 9.17) is 0 Å². The zero-order chi connectivity index (χ0) is 24.5. The molecule has 154 valence electrons. The molecule has 0 aliphatic heterocycles. The fourth-order valence-corrected chi connectivity index (χ4v) is 5.91. The smallest absolute Gasteiger partial charge is 0.142 e. The van der Waals surface area contributed by atoms with Crippen molar-refractivity contribution in [2.24, 2.45) is 0 Å². The van der Waals surface area contributed by atoms with Crippen LogP contribution in [0.25, 0.3) is 32.3 Å². The van der Waals surface area contributed by atoms with E-state index in [1.807, 2.05) is 0 Å². The van der Waals surface area contributed by atoms with Crippen molar-refractivity contribution in [3.63, 3.8) is 0 Å². The molecule has 0 heterocycles. The van der Waals surface area contributed by atoms with Crippen LogP contribution >= 0.6 is 0 Å². The molecule has 0 unspecified atom stereocenters. The summed E-state index contributed by atoms with van der Waals surface area (Å²) in [6.45, 7) is 0. The molecule has 0 aromatic heterocycles. The molecule has 0 fully saturated rings. The predicted octanol–water partition coefficient (Wildman–Crippen LogP) is -8.78. The number of anilines is 2. The quantitative estimate of drug-likeness (QED) is 0.219. The van der Waals surface area contributed by atoms with Crippen LogP contribution in [0, 0.1) is 0 Å². The SMILES string of the molecule is Bc1c(B)c(B)c2c(c1B)c(B)c(Nc1ccc3ccccc3c1)c1c(B)c(B)c(B)c(B)c12. The van der Waals surface area contributed by atoms with Gasteiger partial charge in [0.05, 0.1) is 0 Å². The minimum absolute atomic E-state index is 1.14. The van der Waals surface area contributed by atoms with Gasteiger partial charge in [-0.05, 0) is 44.5 Å². The Labute approximate surface area is 210 Å². The maximum atomic E-state index is 3.89. The van der Waals surface area contributed by atoms with Crippen molar-refractivity contribution < 1.29 is 0 Å². The third-order valence-electron chi connectivity index (χ3n) is 8.64. The van der Waals surface area contributed by atoms with Gasteiger partial charge in [-0.25, -0.2) is 0 Å². The van der Waals surface area contributed by atoms with Crippen LogP contribution in [0.2, 0.25) is 0 Å². The van der Waals surface area contributed by atoms with Gasteiger partial charge in [0.15, 0.2) is 0 Å². The summed E-state index contributed by atoms with van der Waals surface area (Å²) in [5, 5.41) is 12.0. The Morgan fingerprint density at radius 1 is 0.412 bits per heavy atom. The molecule has 1 nitrogen and oxygen atoms in total. The van der Waals surface area contributed by atoms with Crippen molar-refractivity contribution in [3.05, 3.63) is 42.5 Å². The average Bonchev–Trinajstić information content (AvgIpc) is 2.84. The van der Waals surface area contributed by atoms with E-state index in [1.54, 1.807) is 0 Å². The van der Waals surface area contributed by atoms with Crippen molar-refractivity contribution in [1.29, 1.82) is 0 Å². The van der Waals surface area contributed by atoms with Crippen molar-refractivity contribution in [2.45, 2.75) is 0 Å². The molecule has 0 radical (unpaired) electrons. The second kappa shape index (κ2) is 8.19. The van der Waals surface area contributed by atoms with Crippen LogP contribution in [-0.4, -0.2) is 70.6 Å². The van der Waals surface area contributed by atoms with Gasteiger partial charge < -0.3 is 5.32 Å². The third-order valence-corrected chi connectivity index (χ3v) is 8.64. The fourth-order valence-electron chi connectivity index (χ4n) is 5.91. The number of hydrogen-bond acceptors (Lipinski definition) is 1. The molecule has 0 atom stereocenters. The number of fused-ring (bicyclic) bond motifs is 4. The Hall–Kier alpha value is -2.74. The van der Waals surface area contributed by atoms with E-state index in [1.165, 1.54) is 87.2 Å². The fraction of sp³-hybridized carbons (Fsp3) is 0. The lowest BCUT2D eigenvalue weighted by Gasteiger charge is -2.27. The zero-order valence-corrected chi connectivity index (χ0v) is 22.0. The molecule has 0 amide bonds. The number of nitrogens with one attached hydrogen (secondary N) is 1. The van der Waals surface area contributed by atoms with Gasteiger partial charge in [-0.3, -0.25) is 0 Å². The Morgan fingerprint density at radius 3 is 1.47 bits per heavy atom. The number of rotatable bonds is 2. The highest BCUT2D eigenvalue weighted by Crippen LogP contribution is 2.28. The number of hydrogen-bond donors (Lipinski definition) is 1. The molecule has 10 heteroatoms. The van der Waals surface area contributed by atoms with Gasteiger partial charge in [0, 0.05) is 11.4 Å². The van der Waals surface area contributed by atoms with Crippen LogP contribution < -0.4 is 54.5 Å². The van der Waals surface area contributed by atoms with E-state index in [9.17, 15) is 0 Å². The first-order valence-electron chi connectivity index (χ1n) is 12.3. The Kier molecular flexibility index (Phi) is 5.55. The molecule has 0 saturated heterocycles. The lowest BCUT2D eigenvalue weighted by Crippen LogP contribution is -2.51. The molecule has 0 bridgehead atoms. The van der Waals surface area contributed by atoms with Crippen molar-refractivity contribution in [3.8, 4) is 0 Å². The lowest BCUT2D eigenvalue weighted by molar-refractivity contribution is 1.64. The van der Waals surface area contributed by atoms with Crippen LogP contribution in [-0.2, 0) is 0 Å². The summed E-state index contributed by atoms with van der Waals surface area (Å²) in [6.07, 6.45) is 0. The van der Waals surface area contributed by atoms with Crippen molar-refractivity contribution in [2.75, 3.05) is 5.32 Å². The minimum atomic E-state index is 1.14. The molecule has 0 aliphatic carbocycles. The van der Waals surface area contributed by atoms with E-state index in [-0.39, 0.29) is 0 Å². The summed E-state index contributed by atoms with van der Waals surface area (Å²) < 4.78 is 0. The molecular formula is C24H26B9N. The van der Waals surface area contributed by atoms with E-state index >= 15 is 0 Å². The highest BCUT2D eigenvalue weighted by molar-refractivity contribution is 6.73. The Balaban J connectivity index is 1.96. The normalized spacial score (nSPS) is 11.4. The first-order chi connectivity index (χ1) is 16.1. The predicted molar refractivity (Wildman–Crippen MR) is 182 cm³/mol. The minimum Gasteiger partial charge on any atom is -0.355 e. The molecule has 0 saturated carbocycles. The van der Waals surface area contributed by atoms with Gasteiger partial charge in [0.1, 0.15) is 70.6 Å². The molecule has 5 rings (SSSR count). The molecule has 5 aromatic carbocycles. The Bertz CT molecular complexity index is 1680. The topological polar surface area (TPSA) is 12.0 Å². The average molecular weight is 426 g/mol. The van der Waals surface area contributed by atoms with Crippen molar-refractivity contribution >= 4 is 163 Å². The largest absolute Gasteiger partial charge is 0.355 e. The van der Waals surface area contributed by atoms with E-state index < -0.39 is 0 Å². The van der Waals surface area contributed by atoms with Gasteiger partial charge in [0.2, 0.25) is 0 Å². The van der Waals surface area contributed by atoms with Crippen LogP contribution in [0.4, 0.5) is 11.4 Å². The summed E-state index contributed by atoms with van der Waals surface area (Å²) >= 11 is 0. The second-order valence-electron chi connectivity index (χ2n) is 10.2. The van der Waals surface area contributed by atoms with Crippen LogP contribution in [0.3, 0.4) is 0 Å². The number of benzene rings is 5. The van der Waals surface area contributed by atoms with Gasteiger partial charge in [-0.15, -0.1) is 21.9 Å². The standard InChI is InChI=1S/C24H26B9N/c25-15-11-12-14(18(28)23(33)21(31)16(12)26)24(19(29)13(11)17(27)22(32)20(15)30)34-10-6-5-8-3-1-2-4-9(8)7-10/h1-7,34H,25-33H2. The maximum Gasteiger partial charge on any atom is 0.142 e. The van der Waals surface area contributed by atoms with E-state index in [0.717, 1.165) is 5.69 Å². The summed E-state index contributed by atoms with van der Waals surface area (Å²) in [5.74, 6) is 0. The highest BCUT2D eigenvalue weighted by Gasteiger charge is 2.21. The van der Waals surface area contributed by atoms with Crippen molar-refractivity contribution in [1.82, 2.24) is 0 Å². The summed E-state index contributed by atoms with van der Waals surface area (Å²) in [7, 11) is 20.6. The molecule has 0 aliphatic rings. The maximum absolute atomic E-state index is 3.89. The Morgan fingerprint density at radius 2 is 0.882 bits per heavy atom. The van der Waals surface area contributed by atoms with E-state index in [0.29, 0.717) is 0 Å². The van der Waals surface area contributed by atoms with Crippen LogP contribution in [0.15, 0.2) is 42.5 Å². The van der Waals surface area contributed by atoms with Gasteiger partial charge in [0.25, 0.3) is 0 Å². The molecule has 1 N–H and O–H groups in total. The molecule has 0 spiro atoms. The first kappa shape index (κ1) is 23.0. The van der Waals surface area contributed by atoms with Crippen LogP contribution in [0.5, 0.6) is 0 Å².